The summed E-state index contributed by atoms with van der Waals surface area (Å²) >= 11 is 1.68. The van der Waals surface area contributed by atoms with Crippen molar-refractivity contribution in [2.75, 3.05) is 25.1 Å². The minimum Gasteiger partial charge on any atom is -0.381 e. The van der Waals surface area contributed by atoms with Crippen LogP contribution in [0.2, 0.25) is 0 Å². The Morgan fingerprint density at radius 2 is 2.18 bits per heavy atom. The zero-order chi connectivity index (χ0) is 15.5. The zero-order valence-corrected chi connectivity index (χ0v) is 14.3. The second-order valence-corrected chi connectivity index (χ2v) is 7.23. The lowest BCUT2D eigenvalue weighted by Crippen LogP contribution is -2.45. The third-order valence-electron chi connectivity index (χ3n) is 4.33. The second kappa shape index (κ2) is 6.75. The van der Waals surface area contributed by atoms with E-state index in [2.05, 4.69) is 46.3 Å². The van der Waals surface area contributed by atoms with E-state index in [4.69, 9.17) is 4.74 Å². The quantitative estimate of drug-likeness (QED) is 0.868. The number of benzene rings is 1. The van der Waals surface area contributed by atoms with Crippen LogP contribution in [0, 0.1) is 19.8 Å². The Kier molecular flexibility index (Phi) is 4.74. The van der Waals surface area contributed by atoms with Gasteiger partial charge in [-0.3, -0.25) is 0 Å². The van der Waals surface area contributed by atoms with Gasteiger partial charge in [-0.1, -0.05) is 41.2 Å². The largest absolute Gasteiger partial charge is 0.381 e. The number of aromatic nitrogens is 2. The number of rotatable bonds is 4. The number of ether oxygens (including phenoxy) is 1. The lowest BCUT2D eigenvalue weighted by molar-refractivity contribution is 0.0376. The Balaban J connectivity index is 1.74. The van der Waals surface area contributed by atoms with E-state index in [0.717, 1.165) is 36.1 Å². The SMILES string of the molecule is CO[C@@H]1CCN(c2nnc(C)s2)C[C@@H]1Cc1cccc(C)c1. The van der Waals surface area contributed by atoms with Crippen LogP contribution in [-0.4, -0.2) is 36.5 Å². The predicted molar refractivity (Wildman–Crippen MR) is 90.6 cm³/mol. The van der Waals surface area contributed by atoms with Crippen LogP contribution in [0.3, 0.4) is 0 Å². The molecular weight excluding hydrogens is 294 g/mol. The number of hydrogen-bond acceptors (Lipinski definition) is 5. The first-order valence-corrected chi connectivity index (χ1v) is 8.60. The summed E-state index contributed by atoms with van der Waals surface area (Å²) in [6.45, 7) is 6.14. The summed E-state index contributed by atoms with van der Waals surface area (Å²) in [6.07, 6.45) is 2.42. The molecule has 0 bridgehead atoms. The van der Waals surface area contributed by atoms with E-state index >= 15 is 0 Å². The molecule has 1 aromatic heterocycles. The molecule has 1 fully saturated rings. The Morgan fingerprint density at radius 1 is 1.32 bits per heavy atom. The molecule has 0 saturated carbocycles. The first-order valence-electron chi connectivity index (χ1n) is 7.79. The maximum atomic E-state index is 5.74. The molecule has 0 radical (unpaired) electrons. The molecule has 3 rings (SSSR count). The lowest BCUT2D eigenvalue weighted by atomic mass is 9.88. The van der Waals surface area contributed by atoms with Crippen LogP contribution < -0.4 is 4.90 Å². The Morgan fingerprint density at radius 3 is 2.86 bits per heavy atom. The molecule has 1 aliphatic heterocycles. The fourth-order valence-corrected chi connectivity index (χ4v) is 3.97. The molecule has 2 heterocycles. The van der Waals surface area contributed by atoms with Crippen LogP contribution in [0.5, 0.6) is 0 Å². The molecule has 0 N–H and O–H groups in total. The molecule has 0 aliphatic carbocycles. The summed E-state index contributed by atoms with van der Waals surface area (Å²) < 4.78 is 5.74. The first kappa shape index (κ1) is 15.4. The molecule has 1 aliphatic rings. The molecule has 2 atom stereocenters. The van der Waals surface area contributed by atoms with Crippen molar-refractivity contribution in [3.8, 4) is 0 Å². The van der Waals surface area contributed by atoms with Crippen molar-refractivity contribution in [3.05, 3.63) is 40.4 Å². The van der Waals surface area contributed by atoms with E-state index < -0.39 is 0 Å². The zero-order valence-electron chi connectivity index (χ0n) is 13.5. The monoisotopic (exact) mass is 317 g/mol. The molecule has 4 nitrogen and oxygen atoms in total. The summed E-state index contributed by atoms with van der Waals surface area (Å²) in [7, 11) is 1.83. The van der Waals surface area contributed by atoms with Gasteiger partial charge in [0, 0.05) is 26.1 Å². The van der Waals surface area contributed by atoms with Gasteiger partial charge in [-0.15, -0.1) is 10.2 Å². The van der Waals surface area contributed by atoms with Gasteiger partial charge in [0.15, 0.2) is 0 Å². The highest BCUT2D eigenvalue weighted by atomic mass is 32.1. The van der Waals surface area contributed by atoms with Crippen LogP contribution in [0.1, 0.15) is 22.6 Å². The molecule has 22 heavy (non-hydrogen) atoms. The van der Waals surface area contributed by atoms with Crippen LogP contribution in [0.25, 0.3) is 0 Å². The highest BCUT2D eigenvalue weighted by molar-refractivity contribution is 7.15. The van der Waals surface area contributed by atoms with Gasteiger partial charge >= 0.3 is 0 Å². The van der Waals surface area contributed by atoms with Crippen molar-refractivity contribution < 1.29 is 4.74 Å². The van der Waals surface area contributed by atoms with Crippen LogP contribution in [0.15, 0.2) is 24.3 Å². The standard InChI is InChI=1S/C17H23N3OS/c1-12-5-4-6-14(9-12)10-15-11-20(8-7-16(15)21-3)17-19-18-13(2)22-17/h4-6,9,15-16H,7-8,10-11H2,1-3H3/t15-,16+/m0/s1. The number of hydrogen-bond donors (Lipinski definition) is 0. The second-order valence-electron chi connectivity index (χ2n) is 6.07. The average molecular weight is 317 g/mol. The topological polar surface area (TPSA) is 38.2 Å². The minimum atomic E-state index is 0.325. The molecule has 0 spiro atoms. The van der Waals surface area contributed by atoms with Crippen molar-refractivity contribution in [3.63, 3.8) is 0 Å². The minimum absolute atomic E-state index is 0.325. The number of nitrogens with zero attached hydrogens (tertiary/aromatic N) is 3. The van der Waals surface area contributed by atoms with E-state index in [0.29, 0.717) is 12.0 Å². The van der Waals surface area contributed by atoms with E-state index in [9.17, 15) is 0 Å². The number of piperidine rings is 1. The predicted octanol–water partition coefficient (Wildman–Crippen LogP) is 3.24. The van der Waals surface area contributed by atoms with Crippen molar-refractivity contribution in [1.82, 2.24) is 10.2 Å². The van der Waals surface area contributed by atoms with Crippen LogP contribution in [-0.2, 0) is 11.2 Å². The van der Waals surface area contributed by atoms with E-state index in [1.807, 2.05) is 14.0 Å². The first-order chi connectivity index (χ1) is 10.7. The molecule has 1 saturated heterocycles. The summed E-state index contributed by atoms with van der Waals surface area (Å²) in [5.74, 6) is 0.491. The summed E-state index contributed by atoms with van der Waals surface area (Å²) in [5.41, 5.74) is 2.71. The van der Waals surface area contributed by atoms with Gasteiger partial charge in [0.25, 0.3) is 0 Å². The highest BCUT2D eigenvalue weighted by Gasteiger charge is 2.30. The average Bonchev–Trinajstić information content (AvgIpc) is 2.94. The van der Waals surface area contributed by atoms with Crippen molar-refractivity contribution in [2.45, 2.75) is 32.8 Å². The Hall–Kier alpha value is -1.46. The van der Waals surface area contributed by atoms with Crippen LogP contribution in [0.4, 0.5) is 5.13 Å². The van der Waals surface area contributed by atoms with Gasteiger partial charge in [0.05, 0.1) is 6.10 Å². The maximum absolute atomic E-state index is 5.74. The number of aryl methyl sites for hydroxylation is 2. The van der Waals surface area contributed by atoms with E-state index in [1.165, 1.54) is 11.1 Å². The molecule has 0 amide bonds. The molecule has 1 aromatic carbocycles. The van der Waals surface area contributed by atoms with Crippen LogP contribution >= 0.6 is 11.3 Å². The maximum Gasteiger partial charge on any atom is 0.208 e. The molecule has 5 heteroatoms. The van der Waals surface area contributed by atoms with Gasteiger partial charge < -0.3 is 9.64 Å². The van der Waals surface area contributed by atoms with Crippen molar-refractivity contribution in [1.29, 1.82) is 0 Å². The Labute approximate surface area is 136 Å². The number of anilines is 1. The molecular formula is C17H23N3OS. The highest BCUT2D eigenvalue weighted by Crippen LogP contribution is 2.29. The van der Waals surface area contributed by atoms with Crippen molar-refractivity contribution in [2.24, 2.45) is 5.92 Å². The van der Waals surface area contributed by atoms with Gasteiger partial charge in [-0.2, -0.15) is 0 Å². The van der Waals surface area contributed by atoms with E-state index in [1.54, 1.807) is 11.3 Å². The van der Waals surface area contributed by atoms with Gasteiger partial charge in [-0.05, 0) is 32.3 Å². The summed E-state index contributed by atoms with van der Waals surface area (Å²) in [4.78, 5) is 2.36. The summed E-state index contributed by atoms with van der Waals surface area (Å²) in [6, 6.07) is 8.78. The van der Waals surface area contributed by atoms with Gasteiger partial charge in [0.1, 0.15) is 5.01 Å². The lowest BCUT2D eigenvalue weighted by Gasteiger charge is -2.37. The Bertz CT molecular complexity index is 628. The number of methoxy groups -OCH3 is 1. The molecule has 0 unspecified atom stereocenters. The van der Waals surface area contributed by atoms with E-state index in [-0.39, 0.29) is 0 Å². The summed E-state index contributed by atoms with van der Waals surface area (Å²) in [5, 5.41) is 10.5. The van der Waals surface area contributed by atoms with Crippen molar-refractivity contribution >= 4 is 16.5 Å². The fourth-order valence-electron chi connectivity index (χ4n) is 3.25. The molecule has 2 aromatic rings. The normalized spacial score (nSPS) is 22.0. The third kappa shape index (κ3) is 3.47. The smallest absolute Gasteiger partial charge is 0.208 e. The molecule has 118 valence electrons. The third-order valence-corrected chi connectivity index (χ3v) is 5.23. The fraction of sp³-hybridized carbons (Fsp3) is 0.529. The van der Waals surface area contributed by atoms with Gasteiger partial charge in [-0.25, -0.2) is 0 Å². The van der Waals surface area contributed by atoms with Gasteiger partial charge in [0.2, 0.25) is 5.13 Å².